The summed E-state index contributed by atoms with van der Waals surface area (Å²) >= 11 is 2.18. The summed E-state index contributed by atoms with van der Waals surface area (Å²) in [5.74, 6) is 0.345. The van der Waals surface area contributed by atoms with Gasteiger partial charge in [-0.2, -0.15) is 5.10 Å². The van der Waals surface area contributed by atoms with Gasteiger partial charge in [0.2, 0.25) is 0 Å². The zero-order chi connectivity index (χ0) is 12.1. The van der Waals surface area contributed by atoms with Gasteiger partial charge in [-0.3, -0.25) is 4.79 Å². The van der Waals surface area contributed by atoms with E-state index in [-0.39, 0.29) is 5.91 Å². The molecule has 0 aliphatic carbocycles. The van der Waals surface area contributed by atoms with E-state index in [2.05, 4.69) is 33.1 Å². The number of hydrazone groups is 1. The van der Waals surface area contributed by atoms with Crippen molar-refractivity contribution in [3.8, 4) is 0 Å². The van der Waals surface area contributed by atoms with Gasteiger partial charge in [0.1, 0.15) is 5.76 Å². The van der Waals surface area contributed by atoms with Crippen LogP contribution in [0.2, 0.25) is 0 Å². The Balaban J connectivity index is 1.96. The van der Waals surface area contributed by atoms with Crippen LogP contribution < -0.4 is 5.43 Å². The lowest BCUT2D eigenvalue weighted by Crippen LogP contribution is -2.17. The molecule has 17 heavy (non-hydrogen) atoms. The summed E-state index contributed by atoms with van der Waals surface area (Å²) in [6.07, 6.45) is 2.99. The number of amides is 1. The van der Waals surface area contributed by atoms with E-state index in [9.17, 15) is 4.79 Å². The molecule has 0 spiro atoms. The van der Waals surface area contributed by atoms with Crippen molar-refractivity contribution >= 4 is 34.7 Å². The molecular formula is C12H9IN2O2. The molecule has 0 atom stereocenters. The highest BCUT2D eigenvalue weighted by atomic mass is 127. The van der Waals surface area contributed by atoms with Crippen molar-refractivity contribution in [2.45, 2.75) is 0 Å². The number of halogens is 1. The maximum absolute atomic E-state index is 11.6. The lowest BCUT2D eigenvalue weighted by molar-refractivity contribution is 0.0955. The molecule has 1 aromatic heterocycles. The average molecular weight is 340 g/mol. The van der Waals surface area contributed by atoms with Crippen molar-refractivity contribution in [1.29, 1.82) is 0 Å². The molecule has 2 rings (SSSR count). The van der Waals surface area contributed by atoms with Gasteiger partial charge >= 0.3 is 0 Å². The Kier molecular flexibility index (Phi) is 3.92. The Morgan fingerprint density at radius 3 is 2.71 bits per heavy atom. The number of carbonyl (C=O) groups is 1. The standard InChI is InChI=1S/C12H9IN2O2/c13-10-5-3-9(4-6-10)12(16)15-14-8-11-2-1-7-17-11/h1-8H,(H,15,16)/b14-8-. The van der Waals surface area contributed by atoms with E-state index in [4.69, 9.17) is 4.42 Å². The maximum atomic E-state index is 11.6. The molecule has 1 amide bonds. The smallest absolute Gasteiger partial charge is 0.271 e. The van der Waals surface area contributed by atoms with Gasteiger partial charge in [0.05, 0.1) is 12.5 Å². The highest BCUT2D eigenvalue weighted by Gasteiger charge is 2.02. The average Bonchev–Trinajstić information content (AvgIpc) is 2.83. The van der Waals surface area contributed by atoms with Gasteiger partial charge in [0, 0.05) is 9.13 Å². The zero-order valence-electron chi connectivity index (χ0n) is 8.76. The van der Waals surface area contributed by atoms with E-state index in [1.807, 2.05) is 12.1 Å². The number of hydrogen-bond acceptors (Lipinski definition) is 3. The van der Waals surface area contributed by atoms with Gasteiger partial charge in [-0.1, -0.05) is 0 Å². The minimum absolute atomic E-state index is 0.246. The van der Waals surface area contributed by atoms with Crippen LogP contribution in [0.4, 0.5) is 0 Å². The van der Waals surface area contributed by atoms with Crippen LogP contribution in [0.25, 0.3) is 0 Å². The molecule has 86 valence electrons. The van der Waals surface area contributed by atoms with Crippen molar-refractivity contribution < 1.29 is 9.21 Å². The van der Waals surface area contributed by atoms with Crippen LogP contribution in [-0.4, -0.2) is 12.1 Å². The maximum Gasteiger partial charge on any atom is 0.271 e. The van der Waals surface area contributed by atoms with Crippen molar-refractivity contribution in [3.05, 3.63) is 57.6 Å². The third-order valence-corrected chi connectivity index (χ3v) is 2.73. The second-order valence-corrected chi connectivity index (χ2v) is 4.47. The van der Waals surface area contributed by atoms with E-state index in [0.717, 1.165) is 3.57 Å². The number of carbonyl (C=O) groups excluding carboxylic acids is 1. The minimum Gasteiger partial charge on any atom is -0.463 e. The summed E-state index contributed by atoms with van der Waals surface area (Å²) < 4.78 is 6.12. The Bertz CT molecular complexity index is 518. The largest absolute Gasteiger partial charge is 0.463 e. The van der Waals surface area contributed by atoms with Crippen molar-refractivity contribution in [2.75, 3.05) is 0 Å². The van der Waals surface area contributed by atoms with Gasteiger partial charge < -0.3 is 4.42 Å². The van der Waals surface area contributed by atoms with Crippen LogP contribution in [0.15, 0.2) is 52.2 Å². The van der Waals surface area contributed by atoms with Gasteiger partial charge in [0.25, 0.3) is 5.91 Å². The summed E-state index contributed by atoms with van der Waals surface area (Å²) in [7, 11) is 0. The second kappa shape index (κ2) is 5.62. The summed E-state index contributed by atoms with van der Waals surface area (Å²) in [6.45, 7) is 0. The first-order valence-electron chi connectivity index (χ1n) is 4.88. The van der Waals surface area contributed by atoms with Crippen LogP contribution in [0.1, 0.15) is 16.1 Å². The number of nitrogens with zero attached hydrogens (tertiary/aromatic N) is 1. The molecule has 1 heterocycles. The van der Waals surface area contributed by atoms with E-state index in [1.54, 1.807) is 30.5 Å². The molecule has 0 unspecified atom stereocenters. The first-order chi connectivity index (χ1) is 8.25. The number of nitrogens with one attached hydrogen (secondary N) is 1. The highest BCUT2D eigenvalue weighted by molar-refractivity contribution is 14.1. The first kappa shape index (κ1) is 11.8. The van der Waals surface area contributed by atoms with E-state index >= 15 is 0 Å². The van der Waals surface area contributed by atoms with Crippen LogP contribution in [0.5, 0.6) is 0 Å². The molecule has 0 saturated carbocycles. The van der Waals surface area contributed by atoms with Gasteiger partial charge in [-0.25, -0.2) is 5.43 Å². The summed E-state index contributed by atoms with van der Waals surface area (Å²) in [6, 6.07) is 10.7. The fourth-order valence-electron chi connectivity index (χ4n) is 1.19. The molecule has 1 aromatic carbocycles. The fourth-order valence-corrected chi connectivity index (χ4v) is 1.54. The molecule has 0 aliphatic heterocycles. The van der Waals surface area contributed by atoms with Crippen molar-refractivity contribution in [3.63, 3.8) is 0 Å². The lowest BCUT2D eigenvalue weighted by atomic mass is 10.2. The van der Waals surface area contributed by atoms with Crippen LogP contribution in [0, 0.1) is 3.57 Å². The number of benzene rings is 1. The second-order valence-electron chi connectivity index (χ2n) is 3.22. The molecule has 0 aliphatic rings. The monoisotopic (exact) mass is 340 g/mol. The summed E-state index contributed by atoms with van der Waals surface area (Å²) in [5, 5.41) is 3.79. The van der Waals surface area contributed by atoms with Gasteiger partial charge in [0.15, 0.2) is 0 Å². The Hall–Kier alpha value is -1.63. The molecule has 0 saturated heterocycles. The molecule has 0 bridgehead atoms. The Morgan fingerprint density at radius 2 is 2.06 bits per heavy atom. The third kappa shape index (κ3) is 3.42. The third-order valence-electron chi connectivity index (χ3n) is 2.01. The molecule has 4 nitrogen and oxygen atoms in total. The van der Waals surface area contributed by atoms with E-state index < -0.39 is 0 Å². The summed E-state index contributed by atoms with van der Waals surface area (Å²) in [4.78, 5) is 11.6. The molecule has 2 aromatic rings. The van der Waals surface area contributed by atoms with Crippen LogP contribution in [-0.2, 0) is 0 Å². The van der Waals surface area contributed by atoms with E-state index in [1.165, 1.54) is 6.21 Å². The quantitative estimate of drug-likeness (QED) is 0.531. The minimum atomic E-state index is -0.246. The van der Waals surface area contributed by atoms with Gasteiger partial charge in [-0.05, 0) is 59.0 Å². The number of hydrogen-bond donors (Lipinski definition) is 1. The molecule has 1 N–H and O–H groups in total. The zero-order valence-corrected chi connectivity index (χ0v) is 10.9. The van der Waals surface area contributed by atoms with E-state index in [0.29, 0.717) is 11.3 Å². The Labute approximate surface area is 112 Å². The highest BCUT2D eigenvalue weighted by Crippen LogP contribution is 2.06. The Morgan fingerprint density at radius 1 is 1.29 bits per heavy atom. The van der Waals surface area contributed by atoms with Crippen molar-refractivity contribution in [1.82, 2.24) is 5.43 Å². The SMILES string of the molecule is O=C(N/N=C\c1ccco1)c1ccc(I)cc1. The van der Waals surface area contributed by atoms with Crippen LogP contribution >= 0.6 is 22.6 Å². The predicted octanol–water partition coefficient (Wildman–Crippen LogP) is 2.65. The molecule has 5 heteroatoms. The molecule has 0 radical (unpaired) electrons. The van der Waals surface area contributed by atoms with Crippen LogP contribution in [0.3, 0.4) is 0 Å². The van der Waals surface area contributed by atoms with Crippen molar-refractivity contribution in [2.24, 2.45) is 5.10 Å². The lowest BCUT2D eigenvalue weighted by Gasteiger charge is -1.99. The van der Waals surface area contributed by atoms with Gasteiger partial charge in [-0.15, -0.1) is 0 Å². The fraction of sp³-hybridized carbons (Fsp3) is 0. The molecule has 0 fully saturated rings. The number of furan rings is 1. The molecular weight excluding hydrogens is 331 g/mol. The topological polar surface area (TPSA) is 54.6 Å². The predicted molar refractivity (Wildman–Crippen MR) is 72.9 cm³/mol. The number of rotatable bonds is 3. The first-order valence-corrected chi connectivity index (χ1v) is 5.96. The normalized spacial score (nSPS) is 10.6. The summed E-state index contributed by atoms with van der Waals surface area (Å²) in [5.41, 5.74) is 3.00.